The van der Waals surface area contributed by atoms with Gasteiger partial charge >= 0.3 is 6.36 Å². The van der Waals surface area contributed by atoms with Gasteiger partial charge in [0.2, 0.25) is 0 Å². The van der Waals surface area contributed by atoms with E-state index in [1.807, 2.05) is 43.3 Å². The number of hydrogen-bond acceptors (Lipinski definition) is 3. The number of para-hydroxylation sites is 1. The van der Waals surface area contributed by atoms with Crippen LogP contribution < -0.4 is 20.3 Å². The van der Waals surface area contributed by atoms with Crippen LogP contribution in [0.25, 0.3) is 0 Å². The van der Waals surface area contributed by atoms with Gasteiger partial charge in [0.05, 0.1) is 0 Å². The standard InChI is InChI=1S/C19H23F3N4O.HI/c1-23-18(24-12-14-8-10-16(11-9-14)26(2)3)25-13-15-6-4-5-7-17(15)27-19(20,21)22;/h4-11H,12-13H2,1-3H3,(H2,23,24,25);1H. The Kier molecular flexibility index (Phi) is 9.36. The van der Waals surface area contributed by atoms with Gasteiger partial charge in [-0.2, -0.15) is 0 Å². The highest BCUT2D eigenvalue weighted by molar-refractivity contribution is 14.0. The van der Waals surface area contributed by atoms with Crippen LogP contribution in [-0.4, -0.2) is 33.5 Å². The maximum absolute atomic E-state index is 12.5. The summed E-state index contributed by atoms with van der Waals surface area (Å²) in [6, 6.07) is 14.0. The Balaban J connectivity index is 0.00000392. The molecule has 0 saturated carbocycles. The van der Waals surface area contributed by atoms with E-state index in [0.29, 0.717) is 18.1 Å². The van der Waals surface area contributed by atoms with E-state index in [1.165, 1.54) is 12.1 Å². The molecule has 0 radical (unpaired) electrons. The number of guanidine groups is 1. The van der Waals surface area contributed by atoms with Gasteiger partial charge in [-0.25, -0.2) is 0 Å². The molecule has 154 valence electrons. The monoisotopic (exact) mass is 508 g/mol. The smallest absolute Gasteiger partial charge is 0.405 e. The number of ether oxygens (including phenoxy) is 1. The molecule has 2 N–H and O–H groups in total. The maximum Gasteiger partial charge on any atom is 0.573 e. The van der Waals surface area contributed by atoms with Crippen LogP contribution in [0, 0.1) is 0 Å². The van der Waals surface area contributed by atoms with Crippen molar-refractivity contribution in [2.45, 2.75) is 19.5 Å². The van der Waals surface area contributed by atoms with Crippen molar-refractivity contribution < 1.29 is 17.9 Å². The lowest BCUT2D eigenvalue weighted by Gasteiger charge is -2.16. The molecule has 0 fully saturated rings. The van der Waals surface area contributed by atoms with Crippen LogP contribution in [0.4, 0.5) is 18.9 Å². The summed E-state index contributed by atoms with van der Waals surface area (Å²) in [5.74, 6) is 0.251. The van der Waals surface area contributed by atoms with Crippen molar-refractivity contribution in [2.75, 3.05) is 26.0 Å². The highest BCUT2D eigenvalue weighted by Gasteiger charge is 2.31. The Morgan fingerprint density at radius 2 is 1.61 bits per heavy atom. The molecule has 0 saturated heterocycles. The van der Waals surface area contributed by atoms with Crippen LogP contribution in [-0.2, 0) is 13.1 Å². The number of nitrogens with one attached hydrogen (secondary N) is 2. The topological polar surface area (TPSA) is 48.9 Å². The summed E-state index contributed by atoms with van der Waals surface area (Å²) >= 11 is 0. The number of anilines is 1. The number of nitrogens with zero attached hydrogens (tertiary/aromatic N) is 2. The van der Waals surface area contributed by atoms with Gasteiger partial charge in [0.1, 0.15) is 5.75 Å². The van der Waals surface area contributed by atoms with Gasteiger partial charge in [-0.3, -0.25) is 4.99 Å². The van der Waals surface area contributed by atoms with Gasteiger partial charge in [-0.05, 0) is 23.8 Å². The Labute approximate surface area is 180 Å². The second kappa shape index (κ2) is 11.0. The first-order valence-corrected chi connectivity index (χ1v) is 8.33. The number of rotatable bonds is 6. The van der Waals surface area contributed by atoms with Gasteiger partial charge in [0.25, 0.3) is 0 Å². The fraction of sp³-hybridized carbons (Fsp3) is 0.316. The number of aliphatic imine (C=N–C) groups is 1. The third-order valence-corrected chi connectivity index (χ3v) is 3.78. The van der Waals surface area contributed by atoms with Crippen molar-refractivity contribution in [1.82, 2.24) is 10.6 Å². The number of alkyl halides is 3. The molecule has 0 bridgehead atoms. The number of benzene rings is 2. The lowest BCUT2D eigenvalue weighted by Crippen LogP contribution is -2.36. The lowest BCUT2D eigenvalue weighted by atomic mass is 10.2. The summed E-state index contributed by atoms with van der Waals surface area (Å²) in [5.41, 5.74) is 2.54. The molecule has 28 heavy (non-hydrogen) atoms. The third-order valence-electron chi connectivity index (χ3n) is 3.78. The second-order valence-electron chi connectivity index (χ2n) is 6.00. The quantitative estimate of drug-likeness (QED) is 0.350. The molecule has 0 unspecified atom stereocenters. The van der Waals surface area contributed by atoms with E-state index >= 15 is 0 Å². The highest BCUT2D eigenvalue weighted by atomic mass is 127. The maximum atomic E-state index is 12.5. The third kappa shape index (κ3) is 7.83. The van der Waals surface area contributed by atoms with E-state index in [1.54, 1.807) is 19.2 Å². The van der Waals surface area contributed by atoms with Gasteiger partial charge < -0.3 is 20.3 Å². The van der Waals surface area contributed by atoms with Crippen LogP contribution >= 0.6 is 24.0 Å². The van der Waals surface area contributed by atoms with E-state index in [4.69, 9.17) is 0 Å². The zero-order valence-corrected chi connectivity index (χ0v) is 18.2. The molecular formula is C19H24F3IN4O. The van der Waals surface area contributed by atoms with Crippen molar-refractivity contribution in [3.63, 3.8) is 0 Å². The molecule has 0 heterocycles. The number of hydrogen-bond donors (Lipinski definition) is 2. The van der Waals surface area contributed by atoms with Gasteiger partial charge in [0, 0.05) is 45.5 Å². The molecule has 0 aliphatic carbocycles. The minimum absolute atomic E-state index is 0. The summed E-state index contributed by atoms with van der Waals surface area (Å²) in [6.45, 7) is 0.680. The fourth-order valence-electron chi connectivity index (χ4n) is 2.37. The first-order chi connectivity index (χ1) is 12.8. The molecule has 2 aromatic carbocycles. The Hall–Kier alpha value is -2.17. The summed E-state index contributed by atoms with van der Waals surface area (Å²) in [7, 11) is 5.54. The number of halogens is 4. The van der Waals surface area contributed by atoms with E-state index in [2.05, 4.69) is 20.4 Å². The SMILES string of the molecule is CN=C(NCc1ccc(N(C)C)cc1)NCc1ccccc1OC(F)(F)F.I. The molecule has 0 aliphatic heterocycles. The minimum atomic E-state index is -4.73. The first-order valence-electron chi connectivity index (χ1n) is 8.33. The van der Waals surface area contributed by atoms with Gasteiger partial charge in [-0.1, -0.05) is 30.3 Å². The molecule has 0 amide bonds. The zero-order valence-electron chi connectivity index (χ0n) is 15.9. The van der Waals surface area contributed by atoms with E-state index < -0.39 is 6.36 Å². The minimum Gasteiger partial charge on any atom is -0.405 e. The van der Waals surface area contributed by atoms with Crippen molar-refractivity contribution in [3.8, 4) is 5.75 Å². The molecule has 2 rings (SSSR count). The Morgan fingerprint density at radius 1 is 1.00 bits per heavy atom. The van der Waals surface area contributed by atoms with Crippen LogP contribution in [0.1, 0.15) is 11.1 Å². The predicted molar refractivity (Wildman–Crippen MR) is 116 cm³/mol. The van der Waals surface area contributed by atoms with Crippen molar-refractivity contribution in [2.24, 2.45) is 4.99 Å². The Bertz CT molecular complexity index is 765. The van der Waals surface area contributed by atoms with Crippen molar-refractivity contribution >= 4 is 35.6 Å². The van der Waals surface area contributed by atoms with E-state index in [9.17, 15) is 13.2 Å². The lowest BCUT2D eigenvalue weighted by molar-refractivity contribution is -0.274. The molecular weight excluding hydrogens is 484 g/mol. The first kappa shape index (κ1) is 23.9. The highest BCUT2D eigenvalue weighted by Crippen LogP contribution is 2.26. The van der Waals surface area contributed by atoms with Crippen LogP contribution in [0.2, 0.25) is 0 Å². The summed E-state index contributed by atoms with van der Waals surface area (Å²) < 4.78 is 41.5. The normalized spacial score (nSPS) is 11.4. The average Bonchev–Trinajstić information content (AvgIpc) is 2.62. The van der Waals surface area contributed by atoms with Crippen LogP contribution in [0.15, 0.2) is 53.5 Å². The average molecular weight is 508 g/mol. The van der Waals surface area contributed by atoms with Crippen LogP contribution in [0.3, 0.4) is 0 Å². The fourth-order valence-corrected chi connectivity index (χ4v) is 2.37. The Morgan fingerprint density at radius 3 is 2.18 bits per heavy atom. The van der Waals surface area contributed by atoms with Gasteiger partial charge in [0.15, 0.2) is 5.96 Å². The molecule has 0 atom stereocenters. The second-order valence-corrected chi connectivity index (χ2v) is 6.00. The van der Waals surface area contributed by atoms with E-state index in [-0.39, 0.29) is 36.3 Å². The van der Waals surface area contributed by atoms with Crippen molar-refractivity contribution in [3.05, 3.63) is 59.7 Å². The summed E-state index contributed by atoms with van der Waals surface area (Å²) in [4.78, 5) is 6.10. The largest absolute Gasteiger partial charge is 0.573 e. The summed E-state index contributed by atoms with van der Waals surface area (Å²) in [6.07, 6.45) is -4.73. The molecule has 9 heteroatoms. The molecule has 2 aromatic rings. The molecule has 0 aliphatic rings. The van der Waals surface area contributed by atoms with E-state index in [0.717, 1.165) is 11.3 Å². The zero-order chi connectivity index (χ0) is 19.9. The van der Waals surface area contributed by atoms with Gasteiger partial charge in [-0.15, -0.1) is 37.1 Å². The van der Waals surface area contributed by atoms with Crippen molar-refractivity contribution in [1.29, 1.82) is 0 Å². The predicted octanol–water partition coefficient (Wildman–Crippen LogP) is 4.13. The molecule has 5 nitrogen and oxygen atoms in total. The van der Waals surface area contributed by atoms with Crippen LogP contribution in [0.5, 0.6) is 5.75 Å². The molecule has 0 spiro atoms. The molecule has 0 aromatic heterocycles. The summed E-state index contributed by atoms with van der Waals surface area (Å²) in [5, 5.41) is 6.13.